The number of hydrogen-bond donors (Lipinski definition) is 0. The van der Waals surface area contributed by atoms with E-state index in [2.05, 4.69) is 15.1 Å². The fourth-order valence-electron chi connectivity index (χ4n) is 4.11. The average Bonchev–Trinajstić information content (AvgIpc) is 3.27. The number of nitrogens with zero attached hydrogens (tertiary/aromatic N) is 6. The Labute approximate surface area is 192 Å². The molecule has 1 saturated heterocycles. The van der Waals surface area contributed by atoms with Crippen molar-refractivity contribution >= 4 is 16.7 Å². The van der Waals surface area contributed by atoms with Gasteiger partial charge in [-0.15, -0.1) is 0 Å². The molecule has 0 spiro atoms. The maximum Gasteiger partial charge on any atom is 0.263 e. The Bertz CT molecular complexity index is 1480. The first-order valence-electron chi connectivity index (χ1n) is 10.6. The van der Waals surface area contributed by atoms with Gasteiger partial charge in [0.25, 0.3) is 5.56 Å². The van der Waals surface area contributed by atoms with E-state index in [0.29, 0.717) is 31.3 Å². The minimum atomic E-state index is -1.63. The number of hydrogen-bond acceptors (Lipinski definition) is 6. The van der Waals surface area contributed by atoms with Gasteiger partial charge in [-0.25, -0.2) is 23.1 Å². The van der Waals surface area contributed by atoms with Gasteiger partial charge in [-0.3, -0.25) is 14.0 Å². The largest absolute Gasteiger partial charge is 0.370 e. The molecule has 0 N–H and O–H groups in total. The lowest BCUT2D eigenvalue weighted by Crippen LogP contribution is -2.39. The SMILES string of the molecule is Cc1nc2cc(N3CCO[C@H](c4cnn(C)c4)C3)nc(-c3ccc(F)c(F)c3F)c2c(=O)n1C. The second-order valence-corrected chi connectivity index (χ2v) is 8.22. The molecule has 4 heterocycles. The molecule has 0 unspecified atom stereocenters. The summed E-state index contributed by atoms with van der Waals surface area (Å²) in [6, 6.07) is 3.54. The highest BCUT2D eigenvalue weighted by atomic mass is 19.2. The summed E-state index contributed by atoms with van der Waals surface area (Å²) in [4.78, 5) is 24.1. The zero-order chi connectivity index (χ0) is 24.1. The molecule has 5 rings (SSSR count). The van der Waals surface area contributed by atoms with Crippen molar-refractivity contribution in [1.29, 1.82) is 0 Å². The normalized spacial score (nSPS) is 16.4. The molecule has 0 radical (unpaired) electrons. The predicted molar refractivity (Wildman–Crippen MR) is 119 cm³/mol. The lowest BCUT2D eigenvalue weighted by molar-refractivity contribution is 0.0395. The van der Waals surface area contributed by atoms with Crippen LogP contribution in [0.4, 0.5) is 19.0 Å². The number of aryl methyl sites for hydroxylation is 2. The van der Waals surface area contributed by atoms with Crippen molar-refractivity contribution in [3.05, 3.63) is 69.8 Å². The highest BCUT2D eigenvalue weighted by Gasteiger charge is 2.27. The number of morpholine rings is 1. The molecule has 11 heteroatoms. The summed E-state index contributed by atoms with van der Waals surface area (Å²) in [5.41, 5.74) is 0.305. The van der Waals surface area contributed by atoms with E-state index in [1.54, 1.807) is 23.9 Å². The van der Waals surface area contributed by atoms with Crippen LogP contribution in [-0.4, -0.2) is 44.0 Å². The lowest BCUT2D eigenvalue weighted by Gasteiger charge is -2.33. The summed E-state index contributed by atoms with van der Waals surface area (Å²) in [5.74, 6) is -3.50. The summed E-state index contributed by atoms with van der Waals surface area (Å²) < 4.78 is 51.4. The second-order valence-electron chi connectivity index (χ2n) is 8.22. The number of pyridine rings is 1. The Hall–Kier alpha value is -3.73. The van der Waals surface area contributed by atoms with Gasteiger partial charge in [-0.1, -0.05) is 0 Å². The smallest absolute Gasteiger partial charge is 0.263 e. The van der Waals surface area contributed by atoms with E-state index < -0.39 is 23.0 Å². The molecular formula is C23H21F3N6O2. The molecule has 176 valence electrons. The number of ether oxygens (including phenoxy) is 1. The molecule has 1 aliphatic heterocycles. The maximum atomic E-state index is 14.8. The van der Waals surface area contributed by atoms with Gasteiger partial charge < -0.3 is 9.64 Å². The summed E-state index contributed by atoms with van der Waals surface area (Å²) in [7, 11) is 3.34. The van der Waals surface area contributed by atoms with Crippen molar-refractivity contribution in [2.75, 3.05) is 24.6 Å². The van der Waals surface area contributed by atoms with Crippen LogP contribution in [0.25, 0.3) is 22.2 Å². The third-order valence-corrected chi connectivity index (χ3v) is 6.05. The van der Waals surface area contributed by atoms with E-state index >= 15 is 0 Å². The molecule has 4 aromatic rings. The summed E-state index contributed by atoms with van der Waals surface area (Å²) in [6.07, 6.45) is 3.30. The number of aromatic nitrogens is 5. The molecule has 0 amide bonds. The summed E-state index contributed by atoms with van der Waals surface area (Å²) in [5, 5.41) is 4.21. The minimum Gasteiger partial charge on any atom is -0.370 e. The van der Waals surface area contributed by atoms with Crippen molar-refractivity contribution in [1.82, 2.24) is 24.3 Å². The van der Waals surface area contributed by atoms with Gasteiger partial charge in [0.1, 0.15) is 17.7 Å². The Morgan fingerprint density at radius 2 is 1.91 bits per heavy atom. The number of fused-ring (bicyclic) bond motifs is 1. The Balaban J connectivity index is 1.69. The molecular weight excluding hydrogens is 449 g/mol. The van der Waals surface area contributed by atoms with E-state index in [4.69, 9.17) is 4.74 Å². The van der Waals surface area contributed by atoms with Crippen molar-refractivity contribution in [3.63, 3.8) is 0 Å². The van der Waals surface area contributed by atoms with Crippen molar-refractivity contribution in [2.45, 2.75) is 13.0 Å². The molecule has 0 bridgehead atoms. The van der Waals surface area contributed by atoms with Gasteiger partial charge in [0.15, 0.2) is 17.5 Å². The zero-order valence-corrected chi connectivity index (χ0v) is 18.7. The molecule has 0 saturated carbocycles. The Kier molecular flexibility index (Phi) is 5.35. The van der Waals surface area contributed by atoms with Gasteiger partial charge in [0, 0.05) is 50.6 Å². The molecule has 1 aromatic carbocycles. The molecule has 1 aliphatic rings. The zero-order valence-electron chi connectivity index (χ0n) is 18.7. The van der Waals surface area contributed by atoms with E-state index in [-0.39, 0.29) is 28.3 Å². The van der Waals surface area contributed by atoms with Gasteiger partial charge in [0.2, 0.25) is 0 Å². The molecule has 8 nitrogen and oxygen atoms in total. The van der Waals surface area contributed by atoms with Crippen molar-refractivity contribution in [3.8, 4) is 11.3 Å². The summed E-state index contributed by atoms with van der Waals surface area (Å²) >= 11 is 0. The maximum absolute atomic E-state index is 14.8. The van der Waals surface area contributed by atoms with E-state index in [1.165, 1.54) is 11.6 Å². The average molecular weight is 470 g/mol. The molecule has 34 heavy (non-hydrogen) atoms. The van der Waals surface area contributed by atoms with Gasteiger partial charge >= 0.3 is 0 Å². The first-order chi connectivity index (χ1) is 16.2. The fourth-order valence-corrected chi connectivity index (χ4v) is 4.11. The number of halogens is 3. The van der Waals surface area contributed by atoms with Crippen LogP contribution < -0.4 is 10.5 Å². The number of anilines is 1. The third-order valence-electron chi connectivity index (χ3n) is 6.05. The van der Waals surface area contributed by atoms with Crippen LogP contribution in [0.3, 0.4) is 0 Å². The Morgan fingerprint density at radius 1 is 1.12 bits per heavy atom. The van der Waals surface area contributed by atoms with Crippen molar-refractivity contribution in [2.24, 2.45) is 14.1 Å². The number of rotatable bonds is 3. The lowest BCUT2D eigenvalue weighted by atomic mass is 10.1. The first kappa shape index (κ1) is 22.1. The summed E-state index contributed by atoms with van der Waals surface area (Å²) in [6.45, 7) is 2.98. The third kappa shape index (κ3) is 3.61. The van der Waals surface area contributed by atoms with Crippen LogP contribution in [0.2, 0.25) is 0 Å². The van der Waals surface area contributed by atoms with Crippen LogP contribution in [0.1, 0.15) is 17.5 Å². The number of benzene rings is 1. The fraction of sp³-hybridized carbons (Fsp3) is 0.304. The molecule has 1 atom stereocenters. The van der Waals surface area contributed by atoms with Crippen molar-refractivity contribution < 1.29 is 17.9 Å². The van der Waals surface area contributed by atoms with Gasteiger partial charge in [-0.05, 0) is 19.1 Å². The molecule has 0 aliphatic carbocycles. The van der Waals surface area contributed by atoms with Crippen LogP contribution in [0.5, 0.6) is 0 Å². The second kappa shape index (κ2) is 8.24. The van der Waals surface area contributed by atoms with Gasteiger partial charge in [-0.2, -0.15) is 5.10 Å². The van der Waals surface area contributed by atoms with E-state index in [0.717, 1.165) is 17.7 Å². The first-order valence-corrected chi connectivity index (χ1v) is 10.6. The Morgan fingerprint density at radius 3 is 2.65 bits per heavy atom. The topological polar surface area (TPSA) is 78.1 Å². The standard InChI is InChI=1S/C23H21F3N6O2/c1-12-28-16-8-18(32-6-7-34-17(11-32)13-9-27-30(2)10-13)29-22(19(16)23(33)31(12)3)14-4-5-15(24)21(26)20(14)25/h4-5,8-10,17H,6-7,11H2,1-3H3/t17-/m0/s1. The van der Waals surface area contributed by atoms with E-state index in [9.17, 15) is 18.0 Å². The van der Waals surface area contributed by atoms with E-state index in [1.807, 2.05) is 18.1 Å². The predicted octanol–water partition coefficient (Wildman–Crippen LogP) is 3.03. The van der Waals surface area contributed by atoms with Crippen LogP contribution in [-0.2, 0) is 18.8 Å². The molecule has 1 fully saturated rings. The van der Waals surface area contributed by atoms with Crippen LogP contribution in [0.15, 0.2) is 35.4 Å². The minimum absolute atomic E-state index is 0.0267. The van der Waals surface area contributed by atoms with Crippen LogP contribution in [0, 0.1) is 24.4 Å². The van der Waals surface area contributed by atoms with Gasteiger partial charge in [0.05, 0.1) is 29.4 Å². The highest BCUT2D eigenvalue weighted by molar-refractivity contribution is 5.93. The monoisotopic (exact) mass is 470 g/mol. The quantitative estimate of drug-likeness (QED) is 0.429. The molecule has 3 aromatic heterocycles. The highest BCUT2D eigenvalue weighted by Crippen LogP contribution is 2.33. The van der Waals surface area contributed by atoms with Crippen LogP contribution >= 0.6 is 0 Å².